The van der Waals surface area contributed by atoms with E-state index in [1.807, 2.05) is 0 Å². The quantitative estimate of drug-likeness (QED) is 0.683. The fraction of sp³-hybridized carbons (Fsp3) is 0.889. The molecule has 1 unspecified atom stereocenters. The van der Waals surface area contributed by atoms with Crippen LogP contribution < -0.4 is 5.32 Å². The van der Waals surface area contributed by atoms with Crippen LogP contribution in [0, 0.1) is 5.92 Å². The first-order valence-corrected chi connectivity index (χ1v) is 4.57. The van der Waals surface area contributed by atoms with Crippen LogP contribution in [0.25, 0.3) is 0 Å². The van der Waals surface area contributed by atoms with Gasteiger partial charge in [-0.3, -0.25) is 4.79 Å². The van der Waals surface area contributed by atoms with Crippen molar-refractivity contribution in [2.75, 3.05) is 13.7 Å². The SMILES string of the molecule is CCCC(OC)[C@H]1CNC(=O)C1. The summed E-state index contributed by atoms with van der Waals surface area (Å²) in [4.78, 5) is 10.9. The Balaban J connectivity index is 2.38. The zero-order chi connectivity index (χ0) is 8.97. The standard InChI is InChI=1S/C9H17NO2/c1-3-4-8(12-2)7-5-9(11)10-6-7/h7-8H,3-6H2,1-2H3,(H,10,11)/t7-,8?/m1/s1. The van der Waals surface area contributed by atoms with Gasteiger partial charge in [-0.2, -0.15) is 0 Å². The predicted molar refractivity (Wildman–Crippen MR) is 46.8 cm³/mol. The summed E-state index contributed by atoms with van der Waals surface area (Å²) in [7, 11) is 1.73. The predicted octanol–water partition coefficient (Wildman–Crippen LogP) is 0.938. The summed E-state index contributed by atoms with van der Waals surface area (Å²) in [6, 6.07) is 0. The summed E-state index contributed by atoms with van der Waals surface area (Å²) in [5, 5.41) is 2.82. The summed E-state index contributed by atoms with van der Waals surface area (Å²) in [6.07, 6.45) is 3.06. The molecule has 1 saturated heterocycles. The second kappa shape index (κ2) is 4.45. The highest BCUT2D eigenvalue weighted by Gasteiger charge is 2.28. The Hall–Kier alpha value is -0.570. The second-order valence-electron chi connectivity index (χ2n) is 3.33. The molecule has 1 rings (SSSR count). The lowest BCUT2D eigenvalue weighted by atomic mass is 9.98. The van der Waals surface area contributed by atoms with Crippen molar-refractivity contribution >= 4 is 5.91 Å². The van der Waals surface area contributed by atoms with Gasteiger partial charge in [0.1, 0.15) is 0 Å². The highest BCUT2D eigenvalue weighted by molar-refractivity contribution is 5.78. The molecule has 1 fully saturated rings. The van der Waals surface area contributed by atoms with E-state index in [4.69, 9.17) is 4.74 Å². The van der Waals surface area contributed by atoms with Crippen LogP contribution in [0.3, 0.4) is 0 Å². The third-order valence-corrected chi connectivity index (χ3v) is 2.41. The van der Waals surface area contributed by atoms with Gasteiger partial charge in [-0.15, -0.1) is 0 Å². The summed E-state index contributed by atoms with van der Waals surface area (Å²) in [6.45, 7) is 2.92. The number of rotatable bonds is 4. The van der Waals surface area contributed by atoms with Crippen molar-refractivity contribution in [1.82, 2.24) is 5.32 Å². The Morgan fingerprint density at radius 3 is 2.92 bits per heavy atom. The van der Waals surface area contributed by atoms with Crippen LogP contribution in [0.2, 0.25) is 0 Å². The first-order chi connectivity index (χ1) is 5.77. The normalized spacial score (nSPS) is 25.5. The molecule has 0 spiro atoms. The number of carbonyl (C=O) groups excluding carboxylic acids is 1. The fourth-order valence-electron chi connectivity index (χ4n) is 1.72. The van der Waals surface area contributed by atoms with Crippen molar-refractivity contribution in [1.29, 1.82) is 0 Å². The molecular formula is C9H17NO2. The van der Waals surface area contributed by atoms with Crippen LogP contribution in [-0.2, 0) is 9.53 Å². The Morgan fingerprint density at radius 2 is 2.50 bits per heavy atom. The minimum Gasteiger partial charge on any atom is -0.381 e. The number of amides is 1. The Kier molecular flexibility index (Phi) is 3.53. The van der Waals surface area contributed by atoms with Gasteiger partial charge in [0.2, 0.25) is 5.91 Å². The Morgan fingerprint density at radius 1 is 1.75 bits per heavy atom. The molecule has 1 aliphatic rings. The van der Waals surface area contributed by atoms with Crippen molar-refractivity contribution in [3.8, 4) is 0 Å². The van der Waals surface area contributed by atoms with Crippen molar-refractivity contribution < 1.29 is 9.53 Å². The van der Waals surface area contributed by atoms with Gasteiger partial charge in [-0.1, -0.05) is 13.3 Å². The maximum Gasteiger partial charge on any atom is 0.220 e. The first-order valence-electron chi connectivity index (χ1n) is 4.57. The summed E-state index contributed by atoms with van der Waals surface area (Å²) >= 11 is 0. The number of nitrogens with one attached hydrogen (secondary N) is 1. The molecule has 12 heavy (non-hydrogen) atoms. The molecule has 0 radical (unpaired) electrons. The highest BCUT2D eigenvalue weighted by atomic mass is 16.5. The lowest BCUT2D eigenvalue weighted by molar-refractivity contribution is -0.119. The van der Waals surface area contributed by atoms with E-state index < -0.39 is 0 Å². The summed E-state index contributed by atoms with van der Waals surface area (Å²) in [5.41, 5.74) is 0. The molecular weight excluding hydrogens is 154 g/mol. The van der Waals surface area contributed by atoms with Gasteiger partial charge < -0.3 is 10.1 Å². The van der Waals surface area contributed by atoms with E-state index in [1.165, 1.54) is 0 Å². The molecule has 0 bridgehead atoms. The molecule has 3 heteroatoms. The maximum absolute atomic E-state index is 10.9. The van der Waals surface area contributed by atoms with Gasteiger partial charge in [-0.25, -0.2) is 0 Å². The molecule has 2 atom stereocenters. The minimum absolute atomic E-state index is 0.165. The second-order valence-corrected chi connectivity index (χ2v) is 3.33. The van der Waals surface area contributed by atoms with Crippen molar-refractivity contribution in [2.24, 2.45) is 5.92 Å². The van der Waals surface area contributed by atoms with Crippen LogP contribution in [-0.4, -0.2) is 25.7 Å². The van der Waals surface area contributed by atoms with Crippen LogP contribution in [0.5, 0.6) is 0 Å². The topological polar surface area (TPSA) is 38.3 Å². The number of ether oxygens (including phenoxy) is 1. The number of hydrogen-bond acceptors (Lipinski definition) is 2. The van der Waals surface area contributed by atoms with E-state index in [-0.39, 0.29) is 12.0 Å². The van der Waals surface area contributed by atoms with Crippen molar-refractivity contribution in [3.63, 3.8) is 0 Å². The van der Waals surface area contributed by atoms with Crippen LogP contribution in [0.4, 0.5) is 0 Å². The lowest BCUT2D eigenvalue weighted by Crippen LogP contribution is -2.24. The maximum atomic E-state index is 10.9. The molecule has 3 nitrogen and oxygen atoms in total. The zero-order valence-electron chi connectivity index (χ0n) is 7.80. The molecule has 1 heterocycles. The molecule has 0 saturated carbocycles. The van der Waals surface area contributed by atoms with Gasteiger partial charge in [0, 0.05) is 26.0 Å². The van der Waals surface area contributed by atoms with E-state index in [1.54, 1.807) is 7.11 Å². The minimum atomic E-state index is 0.165. The number of hydrogen-bond donors (Lipinski definition) is 1. The lowest BCUT2D eigenvalue weighted by Gasteiger charge is -2.19. The van der Waals surface area contributed by atoms with E-state index in [0.717, 1.165) is 19.4 Å². The van der Waals surface area contributed by atoms with Crippen LogP contribution in [0.1, 0.15) is 26.2 Å². The fourth-order valence-corrected chi connectivity index (χ4v) is 1.72. The molecule has 0 aromatic heterocycles. The third-order valence-electron chi connectivity index (χ3n) is 2.41. The monoisotopic (exact) mass is 171 g/mol. The van der Waals surface area contributed by atoms with Gasteiger partial charge in [0.15, 0.2) is 0 Å². The first kappa shape index (κ1) is 9.52. The smallest absolute Gasteiger partial charge is 0.220 e. The molecule has 1 amide bonds. The third kappa shape index (κ3) is 2.21. The molecule has 0 aromatic rings. The summed E-state index contributed by atoms with van der Waals surface area (Å²) < 4.78 is 5.33. The van der Waals surface area contributed by atoms with E-state index in [2.05, 4.69) is 12.2 Å². The van der Waals surface area contributed by atoms with E-state index >= 15 is 0 Å². The van der Waals surface area contributed by atoms with Gasteiger partial charge in [0.05, 0.1) is 6.10 Å². The van der Waals surface area contributed by atoms with Crippen molar-refractivity contribution in [3.05, 3.63) is 0 Å². The van der Waals surface area contributed by atoms with Gasteiger partial charge >= 0.3 is 0 Å². The summed E-state index contributed by atoms with van der Waals surface area (Å²) in [5.74, 6) is 0.556. The molecule has 70 valence electrons. The molecule has 1 N–H and O–H groups in total. The van der Waals surface area contributed by atoms with Gasteiger partial charge in [0.25, 0.3) is 0 Å². The molecule has 0 aromatic carbocycles. The van der Waals surface area contributed by atoms with Crippen LogP contribution in [0.15, 0.2) is 0 Å². The largest absolute Gasteiger partial charge is 0.381 e. The molecule has 0 aliphatic carbocycles. The van der Waals surface area contributed by atoms with Crippen molar-refractivity contribution in [2.45, 2.75) is 32.3 Å². The highest BCUT2D eigenvalue weighted by Crippen LogP contribution is 2.19. The number of methoxy groups -OCH3 is 1. The number of carbonyl (C=O) groups is 1. The Labute approximate surface area is 73.5 Å². The zero-order valence-corrected chi connectivity index (χ0v) is 7.80. The van der Waals surface area contributed by atoms with E-state index in [9.17, 15) is 4.79 Å². The van der Waals surface area contributed by atoms with Gasteiger partial charge in [-0.05, 0) is 6.42 Å². The van der Waals surface area contributed by atoms with E-state index in [0.29, 0.717) is 12.3 Å². The Bertz CT molecular complexity index is 159. The average molecular weight is 171 g/mol. The average Bonchev–Trinajstić information content (AvgIpc) is 2.47. The van der Waals surface area contributed by atoms with Crippen LogP contribution >= 0.6 is 0 Å². The molecule has 1 aliphatic heterocycles.